The molecule has 0 spiro atoms. The molecule has 0 aliphatic carbocycles. The highest BCUT2D eigenvalue weighted by atomic mass is 16.5. The lowest BCUT2D eigenvalue weighted by Crippen LogP contribution is -2.04. The van der Waals surface area contributed by atoms with Gasteiger partial charge in [-0.2, -0.15) is 0 Å². The molecule has 0 saturated heterocycles. The number of fused-ring (bicyclic) bond motifs is 1. The van der Waals surface area contributed by atoms with Crippen molar-refractivity contribution in [3.63, 3.8) is 0 Å². The molecule has 0 fully saturated rings. The van der Waals surface area contributed by atoms with Crippen molar-refractivity contribution in [2.75, 3.05) is 14.2 Å². The number of ether oxygens (including phenoxy) is 2. The number of imidazole rings is 1. The van der Waals surface area contributed by atoms with Crippen LogP contribution in [-0.2, 0) is 7.05 Å². The van der Waals surface area contributed by atoms with E-state index < -0.39 is 0 Å². The van der Waals surface area contributed by atoms with Gasteiger partial charge in [0.05, 0.1) is 25.3 Å². The van der Waals surface area contributed by atoms with E-state index in [1.165, 1.54) is 6.08 Å². The Hall–Kier alpha value is -3.08. The topological polar surface area (TPSA) is 53.3 Å². The van der Waals surface area contributed by atoms with Crippen LogP contribution in [0.15, 0.2) is 48.5 Å². The average Bonchev–Trinajstić information content (AvgIpc) is 2.96. The highest BCUT2D eigenvalue weighted by Gasteiger charge is 2.12. The SMILES string of the molecule is COc1ccc(/C=C\C(=O)c2nc3ccccc3n2C)cc1OC. The summed E-state index contributed by atoms with van der Waals surface area (Å²) < 4.78 is 12.3. The molecule has 0 saturated carbocycles. The maximum Gasteiger partial charge on any atom is 0.221 e. The second kappa shape index (κ2) is 6.58. The molecule has 0 unspecified atom stereocenters. The fourth-order valence-corrected chi connectivity index (χ4v) is 2.57. The summed E-state index contributed by atoms with van der Waals surface area (Å²) in [5.74, 6) is 1.53. The van der Waals surface area contributed by atoms with Gasteiger partial charge in [-0.15, -0.1) is 0 Å². The number of aromatic nitrogens is 2. The summed E-state index contributed by atoms with van der Waals surface area (Å²) in [7, 11) is 5.01. The molecule has 24 heavy (non-hydrogen) atoms. The molecular weight excluding hydrogens is 304 g/mol. The van der Waals surface area contributed by atoms with Crippen LogP contribution in [0.4, 0.5) is 0 Å². The van der Waals surface area contributed by atoms with E-state index in [0.29, 0.717) is 17.3 Å². The first-order valence-corrected chi connectivity index (χ1v) is 7.50. The van der Waals surface area contributed by atoms with E-state index in [0.717, 1.165) is 16.6 Å². The van der Waals surface area contributed by atoms with Gasteiger partial charge < -0.3 is 14.0 Å². The van der Waals surface area contributed by atoms with Crippen molar-refractivity contribution in [3.8, 4) is 11.5 Å². The Bertz CT molecular complexity index is 926. The van der Waals surface area contributed by atoms with E-state index in [9.17, 15) is 4.79 Å². The summed E-state index contributed by atoms with van der Waals surface area (Å²) in [6, 6.07) is 13.2. The third kappa shape index (κ3) is 2.88. The summed E-state index contributed by atoms with van der Waals surface area (Å²) >= 11 is 0. The highest BCUT2D eigenvalue weighted by Crippen LogP contribution is 2.28. The standard InChI is InChI=1S/C19H18N2O3/c1-21-15-7-5-4-6-14(15)20-19(21)16(22)10-8-13-9-11-17(23-2)18(12-13)24-3/h4-12H,1-3H3/b10-8-. The van der Waals surface area contributed by atoms with Gasteiger partial charge in [0.25, 0.3) is 0 Å². The van der Waals surface area contributed by atoms with Crippen LogP contribution < -0.4 is 9.47 Å². The van der Waals surface area contributed by atoms with Crippen LogP contribution in [0, 0.1) is 0 Å². The molecule has 0 bridgehead atoms. The van der Waals surface area contributed by atoms with Gasteiger partial charge in [-0.25, -0.2) is 4.98 Å². The molecule has 0 amide bonds. The molecule has 0 radical (unpaired) electrons. The van der Waals surface area contributed by atoms with Crippen molar-refractivity contribution in [3.05, 3.63) is 59.9 Å². The molecule has 122 valence electrons. The first-order valence-electron chi connectivity index (χ1n) is 7.50. The Morgan fingerprint density at radius 2 is 1.83 bits per heavy atom. The maximum absolute atomic E-state index is 12.5. The van der Waals surface area contributed by atoms with E-state index in [2.05, 4.69) is 4.98 Å². The van der Waals surface area contributed by atoms with Crippen molar-refractivity contribution in [1.82, 2.24) is 9.55 Å². The molecule has 1 aromatic heterocycles. The quantitative estimate of drug-likeness (QED) is 0.533. The number of ketones is 1. The van der Waals surface area contributed by atoms with Crippen molar-refractivity contribution in [1.29, 1.82) is 0 Å². The number of methoxy groups -OCH3 is 2. The fraction of sp³-hybridized carbons (Fsp3) is 0.158. The number of hydrogen-bond acceptors (Lipinski definition) is 4. The number of nitrogens with zero attached hydrogens (tertiary/aromatic N) is 2. The normalized spacial score (nSPS) is 11.1. The molecule has 1 heterocycles. The minimum absolute atomic E-state index is 0.150. The minimum atomic E-state index is -0.150. The van der Waals surface area contributed by atoms with E-state index in [-0.39, 0.29) is 5.78 Å². The van der Waals surface area contributed by atoms with E-state index in [1.807, 2.05) is 43.4 Å². The summed E-state index contributed by atoms with van der Waals surface area (Å²) in [5, 5.41) is 0. The molecule has 0 aliphatic rings. The van der Waals surface area contributed by atoms with Gasteiger partial charge in [0.1, 0.15) is 0 Å². The zero-order chi connectivity index (χ0) is 17.1. The number of hydrogen-bond donors (Lipinski definition) is 0. The second-order valence-electron chi connectivity index (χ2n) is 5.30. The van der Waals surface area contributed by atoms with Crippen molar-refractivity contribution in [2.24, 2.45) is 7.05 Å². The van der Waals surface area contributed by atoms with Gasteiger partial charge in [0.2, 0.25) is 5.78 Å². The van der Waals surface area contributed by atoms with Crippen molar-refractivity contribution >= 4 is 22.9 Å². The Morgan fingerprint density at radius 1 is 1.08 bits per heavy atom. The van der Waals surface area contributed by atoms with Gasteiger partial charge in [-0.3, -0.25) is 4.79 Å². The van der Waals surface area contributed by atoms with E-state index >= 15 is 0 Å². The molecular formula is C19H18N2O3. The Labute approximate surface area is 140 Å². The number of allylic oxidation sites excluding steroid dienone is 1. The fourth-order valence-electron chi connectivity index (χ4n) is 2.57. The Balaban J connectivity index is 1.88. The Kier molecular flexibility index (Phi) is 4.33. The summed E-state index contributed by atoms with van der Waals surface area (Å²) in [6.45, 7) is 0. The smallest absolute Gasteiger partial charge is 0.221 e. The molecule has 0 N–H and O–H groups in total. The summed E-state index contributed by atoms with van der Waals surface area (Å²) in [5.41, 5.74) is 2.59. The molecule has 2 aromatic carbocycles. The molecule has 5 heteroatoms. The second-order valence-corrected chi connectivity index (χ2v) is 5.30. The number of para-hydroxylation sites is 2. The van der Waals surface area contributed by atoms with Gasteiger partial charge in [-0.1, -0.05) is 24.3 Å². The van der Waals surface area contributed by atoms with Crippen LogP contribution in [-0.4, -0.2) is 29.6 Å². The van der Waals surface area contributed by atoms with Crippen LogP contribution in [0.2, 0.25) is 0 Å². The first kappa shape index (κ1) is 15.8. The van der Waals surface area contributed by atoms with Gasteiger partial charge >= 0.3 is 0 Å². The van der Waals surface area contributed by atoms with Crippen molar-refractivity contribution in [2.45, 2.75) is 0 Å². The van der Waals surface area contributed by atoms with Crippen LogP contribution in [0.3, 0.4) is 0 Å². The maximum atomic E-state index is 12.5. The van der Waals surface area contributed by atoms with Crippen LogP contribution in [0.5, 0.6) is 11.5 Å². The van der Waals surface area contributed by atoms with Crippen molar-refractivity contribution < 1.29 is 14.3 Å². The largest absolute Gasteiger partial charge is 0.493 e. The lowest BCUT2D eigenvalue weighted by atomic mass is 10.1. The summed E-state index contributed by atoms with van der Waals surface area (Å²) in [4.78, 5) is 16.9. The number of aryl methyl sites for hydroxylation is 1. The third-order valence-corrected chi connectivity index (χ3v) is 3.84. The highest BCUT2D eigenvalue weighted by molar-refractivity contribution is 6.06. The molecule has 3 aromatic rings. The van der Waals surface area contributed by atoms with Crippen LogP contribution in [0.25, 0.3) is 17.1 Å². The Morgan fingerprint density at radius 3 is 2.54 bits per heavy atom. The van der Waals surface area contributed by atoms with Crippen LogP contribution >= 0.6 is 0 Å². The zero-order valence-corrected chi connectivity index (χ0v) is 13.8. The predicted octanol–water partition coefficient (Wildman–Crippen LogP) is 3.49. The van der Waals surface area contributed by atoms with Gasteiger partial charge in [0.15, 0.2) is 17.3 Å². The zero-order valence-electron chi connectivity index (χ0n) is 13.8. The molecule has 0 aliphatic heterocycles. The predicted molar refractivity (Wildman–Crippen MR) is 93.6 cm³/mol. The minimum Gasteiger partial charge on any atom is -0.493 e. The van der Waals surface area contributed by atoms with E-state index in [1.54, 1.807) is 30.9 Å². The van der Waals surface area contributed by atoms with E-state index in [4.69, 9.17) is 9.47 Å². The molecule has 0 atom stereocenters. The number of rotatable bonds is 5. The average molecular weight is 322 g/mol. The third-order valence-electron chi connectivity index (χ3n) is 3.84. The lowest BCUT2D eigenvalue weighted by molar-refractivity contribution is 0.103. The number of carbonyl (C=O) groups excluding carboxylic acids is 1. The van der Waals surface area contributed by atoms with Gasteiger partial charge in [0, 0.05) is 7.05 Å². The van der Waals surface area contributed by atoms with Gasteiger partial charge in [-0.05, 0) is 35.9 Å². The van der Waals surface area contributed by atoms with Crippen LogP contribution in [0.1, 0.15) is 16.2 Å². The lowest BCUT2D eigenvalue weighted by Gasteiger charge is -2.07. The number of benzene rings is 2. The summed E-state index contributed by atoms with van der Waals surface area (Å²) in [6.07, 6.45) is 3.26. The molecule has 5 nitrogen and oxygen atoms in total. The number of carbonyl (C=O) groups is 1. The molecule has 3 rings (SSSR count). The first-order chi connectivity index (χ1) is 11.6. The monoisotopic (exact) mass is 322 g/mol.